The van der Waals surface area contributed by atoms with Crippen molar-refractivity contribution in [2.24, 2.45) is 0 Å². The first-order valence-electron chi connectivity index (χ1n) is 9.94. The molecule has 0 saturated heterocycles. The van der Waals surface area contributed by atoms with Crippen LogP contribution in [0.1, 0.15) is 23.7 Å². The zero-order valence-electron chi connectivity index (χ0n) is 16.8. The largest absolute Gasteiger partial charge is 0.396 e. The number of ether oxygens (including phenoxy) is 1. The summed E-state index contributed by atoms with van der Waals surface area (Å²) in [6, 6.07) is 6.59. The van der Waals surface area contributed by atoms with Crippen LogP contribution in [0.15, 0.2) is 41.2 Å². The number of nitrogens with zero attached hydrogens (tertiary/aromatic N) is 1. The molecule has 1 aliphatic rings. The molecule has 2 heterocycles. The molecule has 0 saturated carbocycles. The maximum absolute atomic E-state index is 13.8. The fraction of sp³-hybridized carbons (Fsp3) is 0.273. The summed E-state index contributed by atoms with van der Waals surface area (Å²) in [6.07, 6.45) is 0.291. The van der Waals surface area contributed by atoms with Crippen LogP contribution >= 0.6 is 11.6 Å². The van der Waals surface area contributed by atoms with E-state index in [9.17, 15) is 23.5 Å². The lowest BCUT2D eigenvalue weighted by atomic mass is 9.95. The first-order valence-corrected chi connectivity index (χ1v) is 10.3. The van der Waals surface area contributed by atoms with Crippen LogP contribution in [0.5, 0.6) is 0 Å². The smallest absolute Gasteiger partial charge is 0.322 e. The molecule has 1 aliphatic heterocycles. The summed E-state index contributed by atoms with van der Waals surface area (Å²) in [5.74, 6) is -1.16. The lowest BCUT2D eigenvalue weighted by Gasteiger charge is -2.36. The molecule has 1 atom stereocenters. The molecule has 2 aromatic carbocycles. The lowest BCUT2D eigenvalue weighted by molar-refractivity contribution is 0.0440. The third-order valence-electron chi connectivity index (χ3n) is 5.33. The van der Waals surface area contributed by atoms with Crippen molar-refractivity contribution in [2.75, 3.05) is 25.1 Å². The van der Waals surface area contributed by atoms with Gasteiger partial charge in [0, 0.05) is 30.1 Å². The van der Waals surface area contributed by atoms with Crippen molar-refractivity contribution < 1.29 is 23.4 Å². The molecule has 0 bridgehead atoms. The van der Waals surface area contributed by atoms with Crippen LogP contribution in [0.4, 0.5) is 19.3 Å². The van der Waals surface area contributed by atoms with E-state index < -0.39 is 29.3 Å². The van der Waals surface area contributed by atoms with Gasteiger partial charge in [-0.05, 0) is 42.1 Å². The SMILES string of the molecule is O=C(Nc1ccc(F)c(Cl)c1)N(CCCO)[C@@H]1COCc2[nH]c(=O)c3cc(F)ccc3c21. The summed E-state index contributed by atoms with van der Waals surface area (Å²) in [6.45, 7) is 0.294. The van der Waals surface area contributed by atoms with Gasteiger partial charge in [0.25, 0.3) is 5.56 Å². The average molecular weight is 464 g/mol. The summed E-state index contributed by atoms with van der Waals surface area (Å²) in [5, 5.41) is 12.6. The molecule has 10 heteroatoms. The van der Waals surface area contributed by atoms with E-state index in [4.69, 9.17) is 16.3 Å². The number of benzene rings is 2. The van der Waals surface area contributed by atoms with E-state index >= 15 is 0 Å². The number of nitrogens with one attached hydrogen (secondary N) is 2. The molecule has 2 amide bonds. The summed E-state index contributed by atoms with van der Waals surface area (Å²) < 4.78 is 32.9. The van der Waals surface area contributed by atoms with Gasteiger partial charge < -0.3 is 25.0 Å². The van der Waals surface area contributed by atoms with Crippen LogP contribution in [0.25, 0.3) is 10.8 Å². The molecule has 0 fully saturated rings. The highest BCUT2D eigenvalue weighted by atomic mass is 35.5. The number of H-pyrrole nitrogens is 1. The second-order valence-corrected chi connectivity index (χ2v) is 7.80. The van der Waals surface area contributed by atoms with Gasteiger partial charge in [0.15, 0.2) is 0 Å². The molecular weight excluding hydrogens is 444 g/mol. The van der Waals surface area contributed by atoms with E-state index in [-0.39, 0.29) is 36.8 Å². The van der Waals surface area contributed by atoms with E-state index in [0.717, 1.165) is 12.1 Å². The van der Waals surface area contributed by atoms with E-state index in [2.05, 4.69) is 10.3 Å². The van der Waals surface area contributed by atoms with Crippen molar-refractivity contribution in [3.05, 3.63) is 74.7 Å². The summed E-state index contributed by atoms with van der Waals surface area (Å²) in [4.78, 5) is 29.8. The maximum atomic E-state index is 13.8. The van der Waals surface area contributed by atoms with Crippen LogP contribution in [0.3, 0.4) is 0 Å². The van der Waals surface area contributed by atoms with Crippen molar-refractivity contribution in [2.45, 2.75) is 19.1 Å². The Bertz CT molecular complexity index is 1230. The number of aromatic nitrogens is 1. The van der Waals surface area contributed by atoms with E-state index in [1.54, 1.807) is 0 Å². The number of aromatic amines is 1. The van der Waals surface area contributed by atoms with Gasteiger partial charge in [-0.2, -0.15) is 0 Å². The summed E-state index contributed by atoms with van der Waals surface area (Å²) in [7, 11) is 0. The Hall–Kier alpha value is -3.01. The van der Waals surface area contributed by atoms with Crippen molar-refractivity contribution in [1.29, 1.82) is 0 Å². The van der Waals surface area contributed by atoms with Crippen LogP contribution in [0, 0.1) is 11.6 Å². The van der Waals surface area contributed by atoms with Crippen LogP contribution in [-0.2, 0) is 11.3 Å². The fourth-order valence-corrected chi connectivity index (χ4v) is 4.06. The molecule has 4 rings (SSSR count). The standard InChI is InChI=1S/C22H20ClF2N3O4/c23-16-9-13(3-5-17(16)25)26-22(31)28(6-1-7-29)19-11-32-10-18-20(19)14-4-2-12(24)8-15(14)21(30)27-18/h2-5,8-9,19,29H,1,6-7,10-11H2,(H,26,31)(H,27,30)/t19-/m1/s1. The maximum Gasteiger partial charge on any atom is 0.322 e. The molecule has 0 spiro atoms. The molecule has 0 unspecified atom stereocenters. The quantitative estimate of drug-likeness (QED) is 0.534. The topological polar surface area (TPSA) is 94.7 Å². The monoisotopic (exact) mass is 463 g/mol. The van der Waals surface area contributed by atoms with E-state index in [1.165, 1.54) is 29.2 Å². The average Bonchev–Trinajstić information content (AvgIpc) is 2.77. The molecule has 0 radical (unpaired) electrons. The second kappa shape index (κ2) is 9.23. The molecule has 0 aliphatic carbocycles. The van der Waals surface area contributed by atoms with Crippen molar-refractivity contribution in [3.8, 4) is 0 Å². The molecule has 3 N–H and O–H groups in total. The van der Waals surface area contributed by atoms with Crippen LogP contribution in [-0.4, -0.2) is 40.8 Å². The third kappa shape index (κ3) is 4.32. The molecule has 3 aromatic rings. The Kier molecular flexibility index (Phi) is 6.40. The minimum atomic E-state index is -0.619. The van der Waals surface area contributed by atoms with Crippen molar-refractivity contribution >= 4 is 34.1 Å². The van der Waals surface area contributed by atoms with Crippen LogP contribution in [0.2, 0.25) is 5.02 Å². The predicted octanol–water partition coefficient (Wildman–Crippen LogP) is 3.95. The number of rotatable bonds is 5. The van der Waals surface area contributed by atoms with Gasteiger partial charge in [-0.25, -0.2) is 13.6 Å². The minimum absolute atomic E-state index is 0.133. The normalized spacial score (nSPS) is 15.4. The van der Waals surface area contributed by atoms with E-state index in [0.29, 0.717) is 28.8 Å². The number of anilines is 1. The number of aliphatic hydroxyl groups excluding tert-OH is 1. The number of hydrogen-bond donors (Lipinski definition) is 3. The Balaban J connectivity index is 1.75. The number of pyridine rings is 1. The summed E-state index contributed by atoms with van der Waals surface area (Å²) in [5.41, 5.74) is 0.989. The first-order chi connectivity index (χ1) is 15.4. The predicted molar refractivity (Wildman–Crippen MR) is 116 cm³/mol. The van der Waals surface area contributed by atoms with Gasteiger partial charge in [-0.1, -0.05) is 17.7 Å². The van der Waals surface area contributed by atoms with Gasteiger partial charge >= 0.3 is 6.03 Å². The third-order valence-corrected chi connectivity index (χ3v) is 5.62. The zero-order chi connectivity index (χ0) is 22.8. The molecule has 168 valence electrons. The van der Waals surface area contributed by atoms with Gasteiger partial charge in [0.05, 0.1) is 29.7 Å². The number of fused-ring (bicyclic) bond motifs is 3. The van der Waals surface area contributed by atoms with Gasteiger partial charge in [-0.3, -0.25) is 4.79 Å². The number of halogens is 3. The number of carbonyl (C=O) groups excluding carboxylic acids is 1. The highest BCUT2D eigenvalue weighted by Gasteiger charge is 2.32. The Morgan fingerprint density at radius 2 is 2.06 bits per heavy atom. The Morgan fingerprint density at radius 1 is 1.25 bits per heavy atom. The molecule has 32 heavy (non-hydrogen) atoms. The first kappa shape index (κ1) is 22.2. The minimum Gasteiger partial charge on any atom is -0.396 e. The highest BCUT2D eigenvalue weighted by molar-refractivity contribution is 6.31. The number of carbonyl (C=O) groups is 1. The van der Waals surface area contributed by atoms with E-state index in [1.807, 2.05) is 0 Å². The van der Waals surface area contributed by atoms with Crippen molar-refractivity contribution in [3.63, 3.8) is 0 Å². The Morgan fingerprint density at radius 3 is 2.81 bits per heavy atom. The van der Waals surface area contributed by atoms with Gasteiger partial charge in [-0.15, -0.1) is 0 Å². The number of aliphatic hydroxyl groups is 1. The zero-order valence-corrected chi connectivity index (χ0v) is 17.6. The lowest BCUT2D eigenvalue weighted by Crippen LogP contribution is -2.43. The second-order valence-electron chi connectivity index (χ2n) is 7.40. The Labute approximate surface area is 186 Å². The molecular formula is C22H20ClF2N3O4. The van der Waals surface area contributed by atoms with Gasteiger partial charge in [0.1, 0.15) is 11.6 Å². The molecule has 7 nitrogen and oxygen atoms in total. The highest BCUT2D eigenvalue weighted by Crippen LogP contribution is 2.34. The number of urea groups is 1. The number of hydrogen-bond acceptors (Lipinski definition) is 4. The molecule has 1 aromatic heterocycles. The number of amides is 2. The fourth-order valence-electron chi connectivity index (χ4n) is 3.88. The van der Waals surface area contributed by atoms with Crippen molar-refractivity contribution in [1.82, 2.24) is 9.88 Å². The summed E-state index contributed by atoms with van der Waals surface area (Å²) >= 11 is 5.81. The van der Waals surface area contributed by atoms with Gasteiger partial charge in [0.2, 0.25) is 0 Å². The van der Waals surface area contributed by atoms with Crippen LogP contribution < -0.4 is 10.9 Å².